The van der Waals surface area contributed by atoms with E-state index in [1.165, 1.54) is 0 Å². The quantitative estimate of drug-likeness (QED) is 0.348. The molecule has 3 atom stereocenters. The van der Waals surface area contributed by atoms with Crippen molar-refractivity contribution in [2.45, 2.75) is 43.9 Å². The lowest BCUT2D eigenvalue weighted by atomic mass is 9.92. The second-order valence-corrected chi connectivity index (χ2v) is 9.70. The predicted molar refractivity (Wildman–Crippen MR) is 131 cm³/mol. The van der Waals surface area contributed by atoms with Crippen molar-refractivity contribution in [3.8, 4) is 11.1 Å². The number of hydrogen-bond acceptors (Lipinski definition) is 7. The van der Waals surface area contributed by atoms with E-state index in [-0.39, 0.29) is 25.0 Å². The van der Waals surface area contributed by atoms with Gasteiger partial charge in [-0.2, -0.15) is 0 Å². The van der Waals surface area contributed by atoms with Crippen LogP contribution in [0.5, 0.6) is 0 Å². The fourth-order valence-electron chi connectivity index (χ4n) is 4.67. The topological polar surface area (TPSA) is 137 Å². The molecule has 1 aliphatic heterocycles. The van der Waals surface area contributed by atoms with Gasteiger partial charge in [0.1, 0.15) is 12.6 Å². The Bertz CT molecular complexity index is 1080. The number of aliphatic hydroxyl groups is 2. The standard InChI is InChI=1S/C27H32N2O7/c1-16(2)11-22(24(32)27(14-31)15-36-27)28-25(33)23(12-30)29-26(34)35-13-21-19-9-5-3-7-17(19)18-8-4-6-10-20(18)21/h3-10,16,21-23,30-31H,11-15H2,1-2H3,(H,28,33)(H,29,34)/t22-,23-,27+/m0/s1. The number of hydrogen-bond donors (Lipinski definition) is 4. The van der Waals surface area contributed by atoms with Crippen molar-refractivity contribution in [3.63, 3.8) is 0 Å². The van der Waals surface area contributed by atoms with Crippen LogP contribution in [-0.4, -0.2) is 72.1 Å². The highest BCUT2D eigenvalue weighted by Crippen LogP contribution is 2.44. The molecule has 1 fully saturated rings. The summed E-state index contributed by atoms with van der Waals surface area (Å²) in [5.41, 5.74) is 3.00. The van der Waals surface area contributed by atoms with Gasteiger partial charge in [-0.3, -0.25) is 9.59 Å². The van der Waals surface area contributed by atoms with Gasteiger partial charge in [0, 0.05) is 5.92 Å². The Morgan fingerprint density at radius 2 is 1.58 bits per heavy atom. The smallest absolute Gasteiger partial charge is 0.407 e. The molecule has 0 aromatic heterocycles. The largest absolute Gasteiger partial charge is 0.449 e. The van der Waals surface area contributed by atoms with Gasteiger partial charge in [0.2, 0.25) is 5.91 Å². The van der Waals surface area contributed by atoms with Gasteiger partial charge in [-0.15, -0.1) is 0 Å². The van der Waals surface area contributed by atoms with Crippen LogP contribution in [0.2, 0.25) is 0 Å². The van der Waals surface area contributed by atoms with Crippen molar-refractivity contribution in [1.82, 2.24) is 10.6 Å². The molecule has 0 radical (unpaired) electrons. The van der Waals surface area contributed by atoms with Crippen LogP contribution in [0.25, 0.3) is 11.1 Å². The molecule has 36 heavy (non-hydrogen) atoms. The normalized spacial score (nSPS) is 19.7. The summed E-state index contributed by atoms with van der Waals surface area (Å²) in [6, 6.07) is 13.6. The lowest BCUT2D eigenvalue weighted by Gasteiger charge is -2.24. The maximum atomic E-state index is 12.8. The summed E-state index contributed by atoms with van der Waals surface area (Å²) in [5.74, 6) is -1.23. The summed E-state index contributed by atoms with van der Waals surface area (Å²) in [4.78, 5) is 38.2. The number of carbonyl (C=O) groups excluding carboxylic acids is 3. The van der Waals surface area contributed by atoms with E-state index in [1.54, 1.807) is 0 Å². The Morgan fingerprint density at radius 3 is 2.08 bits per heavy atom. The summed E-state index contributed by atoms with van der Waals surface area (Å²) < 4.78 is 10.6. The lowest BCUT2D eigenvalue weighted by Crippen LogP contribution is -2.55. The zero-order valence-corrected chi connectivity index (χ0v) is 20.4. The molecule has 4 rings (SSSR count). The molecule has 4 N–H and O–H groups in total. The summed E-state index contributed by atoms with van der Waals surface area (Å²) in [6.07, 6.45) is -0.533. The number of carbonyl (C=O) groups is 3. The molecule has 1 heterocycles. The number of ketones is 1. The number of amides is 2. The molecule has 2 aromatic carbocycles. The van der Waals surface area contributed by atoms with Crippen LogP contribution in [0.1, 0.15) is 37.3 Å². The van der Waals surface area contributed by atoms with Gasteiger partial charge in [0.15, 0.2) is 11.4 Å². The number of ether oxygens (including phenoxy) is 2. The van der Waals surface area contributed by atoms with Crippen LogP contribution in [0.15, 0.2) is 48.5 Å². The average Bonchev–Trinajstić information content (AvgIpc) is 3.62. The first kappa shape index (κ1) is 25.8. The molecule has 1 saturated heterocycles. The molecule has 2 aliphatic rings. The third-order valence-electron chi connectivity index (χ3n) is 6.67. The van der Waals surface area contributed by atoms with Crippen LogP contribution >= 0.6 is 0 Å². The highest BCUT2D eigenvalue weighted by Gasteiger charge is 2.54. The van der Waals surface area contributed by atoms with E-state index in [4.69, 9.17) is 9.47 Å². The van der Waals surface area contributed by atoms with Crippen molar-refractivity contribution in [2.75, 3.05) is 26.4 Å². The first-order chi connectivity index (χ1) is 17.3. The maximum Gasteiger partial charge on any atom is 0.407 e. The van der Waals surface area contributed by atoms with Crippen LogP contribution in [0.3, 0.4) is 0 Å². The van der Waals surface area contributed by atoms with Crippen molar-refractivity contribution in [3.05, 3.63) is 59.7 Å². The molecule has 0 unspecified atom stereocenters. The van der Waals surface area contributed by atoms with E-state index < -0.39 is 48.7 Å². The number of benzene rings is 2. The number of epoxide rings is 1. The molecule has 1 aliphatic carbocycles. The highest BCUT2D eigenvalue weighted by atomic mass is 16.6. The zero-order valence-electron chi connectivity index (χ0n) is 20.4. The van der Waals surface area contributed by atoms with Crippen LogP contribution in [0.4, 0.5) is 4.79 Å². The Balaban J connectivity index is 1.37. The number of Topliss-reactive ketones (excluding diaryl/α,β-unsaturated/α-hetero) is 1. The molecular formula is C27H32N2O7. The third-order valence-corrected chi connectivity index (χ3v) is 6.67. The van der Waals surface area contributed by atoms with Crippen molar-refractivity contribution < 1.29 is 34.1 Å². The molecule has 0 spiro atoms. The monoisotopic (exact) mass is 496 g/mol. The minimum absolute atomic E-state index is 0.0600. The van der Waals surface area contributed by atoms with Gasteiger partial charge in [0.25, 0.3) is 0 Å². The number of fused-ring (bicyclic) bond motifs is 3. The van der Waals surface area contributed by atoms with Crippen LogP contribution < -0.4 is 10.6 Å². The molecule has 9 nitrogen and oxygen atoms in total. The minimum Gasteiger partial charge on any atom is -0.449 e. The Kier molecular flexibility index (Phi) is 7.73. The van der Waals surface area contributed by atoms with Gasteiger partial charge in [-0.05, 0) is 34.6 Å². The summed E-state index contributed by atoms with van der Waals surface area (Å²) >= 11 is 0. The van der Waals surface area contributed by atoms with Crippen molar-refractivity contribution >= 4 is 17.8 Å². The molecule has 2 amide bonds. The Morgan fingerprint density at radius 1 is 1.00 bits per heavy atom. The van der Waals surface area contributed by atoms with Crippen molar-refractivity contribution in [1.29, 1.82) is 0 Å². The maximum absolute atomic E-state index is 12.8. The first-order valence-electron chi connectivity index (χ1n) is 12.1. The second kappa shape index (κ2) is 10.8. The molecule has 0 saturated carbocycles. The molecule has 0 bridgehead atoms. The number of alkyl carbamates (subject to hydrolysis) is 1. The van der Waals surface area contributed by atoms with Gasteiger partial charge < -0.3 is 30.3 Å². The zero-order chi connectivity index (χ0) is 25.9. The van der Waals surface area contributed by atoms with E-state index in [0.717, 1.165) is 22.3 Å². The van der Waals surface area contributed by atoms with E-state index >= 15 is 0 Å². The molecule has 192 valence electrons. The first-order valence-corrected chi connectivity index (χ1v) is 12.1. The number of aliphatic hydroxyl groups excluding tert-OH is 2. The number of nitrogens with one attached hydrogen (secondary N) is 2. The molecule has 2 aromatic rings. The average molecular weight is 497 g/mol. The SMILES string of the molecule is CC(C)C[C@H](NC(=O)[C@H](CO)NC(=O)OCC1c2ccccc2-c2ccccc21)C(=O)[C@@]1(CO)CO1. The Labute approximate surface area is 209 Å². The van der Waals surface area contributed by atoms with Crippen LogP contribution in [0, 0.1) is 5.92 Å². The highest BCUT2D eigenvalue weighted by molar-refractivity contribution is 5.98. The van der Waals surface area contributed by atoms with Gasteiger partial charge in [-0.25, -0.2) is 4.79 Å². The predicted octanol–water partition coefficient (Wildman–Crippen LogP) is 1.75. The van der Waals surface area contributed by atoms with Crippen molar-refractivity contribution in [2.24, 2.45) is 5.92 Å². The van der Waals surface area contributed by atoms with Gasteiger partial charge >= 0.3 is 6.09 Å². The minimum atomic E-state index is -1.31. The summed E-state index contributed by atoms with van der Waals surface area (Å²) in [7, 11) is 0. The van der Waals surface area contributed by atoms with Gasteiger partial charge in [0.05, 0.1) is 25.9 Å². The van der Waals surface area contributed by atoms with E-state index in [0.29, 0.717) is 6.42 Å². The van der Waals surface area contributed by atoms with Gasteiger partial charge in [-0.1, -0.05) is 62.4 Å². The summed E-state index contributed by atoms with van der Waals surface area (Å²) in [6.45, 7) is 2.78. The number of rotatable bonds is 11. The van der Waals surface area contributed by atoms with E-state index in [9.17, 15) is 24.6 Å². The Hall–Kier alpha value is -3.27. The fraction of sp³-hybridized carbons (Fsp3) is 0.444. The lowest BCUT2D eigenvalue weighted by molar-refractivity contribution is -0.133. The summed E-state index contributed by atoms with van der Waals surface area (Å²) in [5, 5.41) is 24.3. The van der Waals surface area contributed by atoms with E-state index in [2.05, 4.69) is 10.6 Å². The second-order valence-electron chi connectivity index (χ2n) is 9.70. The van der Waals surface area contributed by atoms with Crippen LogP contribution in [-0.2, 0) is 19.1 Å². The molecule has 9 heteroatoms. The fourth-order valence-corrected chi connectivity index (χ4v) is 4.67. The van der Waals surface area contributed by atoms with E-state index in [1.807, 2.05) is 62.4 Å². The third kappa shape index (κ3) is 5.28. The molecular weight excluding hydrogens is 464 g/mol.